The Morgan fingerprint density at radius 3 is 2.77 bits per heavy atom. The summed E-state index contributed by atoms with van der Waals surface area (Å²) >= 11 is 0. The number of aromatic nitrogens is 4. The number of benzene rings is 1. The van der Waals surface area contributed by atoms with Gasteiger partial charge in [0, 0.05) is 0 Å². The number of nitrogens with one attached hydrogen (secondary N) is 1. The summed E-state index contributed by atoms with van der Waals surface area (Å²) in [6, 6.07) is 9.32. The third-order valence-corrected chi connectivity index (χ3v) is 5.33. The average molecular weight is 321 g/mol. The summed E-state index contributed by atoms with van der Waals surface area (Å²) in [5.41, 5.74) is 0.792. The van der Waals surface area contributed by atoms with E-state index in [9.17, 15) is 13.2 Å². The Morgan fingerprint density at radius 1 is 1.32 bits per heavy atom. The molecule has 22 heavy (non-hydrogen) atoms. The average Bonchev–Trinajstić information content (AvgIpc) is 3.12. The van der Waals surface area contributed by atoms with E-state index >= 15 is 0 Å². The number of sulfone groups is 1. The quantitative estimate of drug-likeness (QED) is 0.829. The van der Waals surface area contributed by atoms with Crippen molar-refractivity contribution in [3.05, 3.63) is 36.2 Å². The number of rotatable bonds is 4. The molecule has 1 aliphatic heterocycles. The summed E-state index contributed by atoms with van der Waals surface area (Å²) in [4.78, 5) is 12.0. The number of carbonyl (C=O) groups is 1. The first-order valence-electron chi connectivity index (χ1n) is 6.86. The van der Waals surface area contributed by atoms with Crippen molar-refractivity contribution in [1.29, 1.82) is 0 Å². The van der Waals surface area contributed by atoms with Gasteiger partial charge in [-0.2, -0.15) is 4.68 Å². The van der Waals surface area contributed by atoms with E-state index in [1.807, 2.05) is 30.3 Å². The molecule has 0 unspecified atom stereocenters. The fourth-order valence-electron chi connectivity index (χ4n) is 2.40. The zero-order valence-corrected chi connectivity index (χ0v) is 12.5. The predicted octanol–water partition coefficient (Wildman–Crippen LogP) is -0.287. The van der Waals surface area contributed by atoms with Crippen LogP contribution in [0.3, 0.4) is 0 Å². The lowest BCUT2D eigenvalue weighted by atomic mass is 10.1. The van der Waals surface area contributed by atoms with Crippen LogP contribution in [0.5, 0.6) is 0 Å². The monoisotopic (exact) mass is 321 g/mol. The number of tetrazole rings is 1. The van der Waals surface area contributed by atoms with Crippen LogP contribution in [-0.2, 0) is 21.2 Å². The molecule has 0 radical (unpaired) electrons. The molecule has 3 rings (SSSR count). The summed E-state index contributed by atoms with van der Waals surface area (Å²) in [7, 11) is -3.07. The zero-order chi connectivity index (χ0) is 15.6. The van der Waals surface area contributed by atoms with Crippen molar-refractivity contribution in [1.82, 2.24) is 25.5 Å². The number of hydrogen-bond donors (Lipinski definition) is 1. The molecule has 1 atom stereocenters. The first-order chi connectivity index (χ1) is 10.6. The van der Waals surface area contributed by atoms with Gasteiger partial charge >= 0.3 is 0 Å². The van der Waals surface area contributed by atoms with E-state index in [0.29, 0.717) is 12.2 Å². The Labute approximate surface area is 127 Å². The molecule has 0 spiro atoms. The number of para-hydroxylation sites is 1. The maximum absolute atomic E-state index is 12.0. The van der Waals surface area contributed by atoms with Gasteiger partial charge in [-0.3, -0.25) is 4.79 Å². The van der Waals surface area contributed by atoms with Crippen molar-refractivity contribution in [3.63, 3.8) is 0 Å². The largest absolute Gasteiger partial charge is 0.348 e. The molecule has 1 aromatic heterocycles. The minimum absolute atomic E-state index is 0.0762. The molecule has 1 aromatic carbocycles. The number of amides is 1. The maximum atomic E-state index is 12.0. The van der Waals surface area contributed by atoms with E-state index in [0.717, 1.165) is 5.69 Å². The molecule has 1 saturated heterocycles. The smallest absolute Gasteiger partial charge is 0.224 e. The minimum atomic E-state index is -3.07. The lowest BCUT2D eigenvalue weighted by molar-refractivity contribution is -0.124. The number of nitrogens with zero attached hydrogens (tertiary/aromatic N) is 4. The topological polar surface area (TPSA) is 107 Å². The van der Waals surface area contributed by atoms with Gasteiger partial charge in [-0.05, 0) is 29.0 Å². The molecule has 116 valence electrons. The summed E-state index contributed by atoms with van der Waals surface area (Å²) in [6.07, 6.45) is 0.373. The highest BCUT2D eigenvalue weighted by atomic mass is 32.2. The van der Waals surface area contributed by atoms with Crippen LogP contribution >= 0.6 is 0 Å². The lowest BCUT2D eigenvalue weighted by Gasteiger charge is -2.09. The van der Waals surface area contributed by atoms with Crippen LogP contribution in [0.4, 0.5) is 0 Å². The van der Waals surface area contributed by atoms with Crippen LogP contribution in [0.15, 0.2) is 30.3 Å². The Morgan fingerprint density at radius 2 is 2.09 bits per heavy atom. The molecule has 0 saturated carbocycles. The number of hydrogen-bond acceptors (Lipinski definition) is 6. The van der Waals surface area contributed by atoms with E-state index in [4.69, 9.17) is 0 Å². The highest BCUT2D eigenvalue weighted by Gasteiger charge is 2.32. The molecule has 2 aromatic rings. The predicted molar refractivity (Wildman–Crippen MR) is 77.8 cm³/mol. The van der Waals surface area contributed by atoms with E-state index < -0.39 is 15.8 Å². The minimum Gasteiger partial charge on any atom is -0.348 e. The van der Waals surface area contributed by atoms with Gasteiger partial charge in [0.1, 0.15) is 0 Å². The van der Waals surface area contributed by atoms with Crippen molar-refractivity contribution in [2.24, 2.45) is 5.92 Å². The first-order valence-corrected chi connectivity index (χ1v) is 8.68. The summed E-state index contributed by atoms with van der Waals surface area (Å²) in [6.45, 7) is 0.150. The fraction of sp³-hybridized carbons (Fsp3) is 0.385. The van der Waals surface area contributed by atoms with Crippen molar-refractivity contribution in [3.8, 4) is 5.69 Å². The Balaban J connectivity index is 1.66. The van der Waals surface area contributed by atoms with Crippen LogP contribution in [0, 0.1) is 5.92 Å². The van der Waals surface area contributed by atoms with Crippen LogP contribution in [0.1, 0.15) is 12.2 Å². The van der Waals surface area contributed by atoms with Crippen LogP contribution in [0.2, 0.25) is 0 Å². The van der Waals surface area contributed by atoms with E-state index in [1.165, 1.54) is 4.68 Å². The summed E-state index contributed by atoms with van der Waals surface area (Å²) in [5.74, 6) is -0.273. The molecule has 1 N–H and O–H groups in total. The second-order valence-corrected chi connectivity index (χ2v) is 7.39. The summed E-state index contributed by atoms with van der Waals surface area (Å²) < 4.78 is 24.3. The van der Waals surface area contributed by atoms with Crippen LogP contribution in [0.25, 0.3) is 5.69 Å². The molecular weight excluding hydrogens is 306 g/mol. The van der Waals surface area contributed by atoms with Gasteiger partial charge in [0.05, 0.1) is 29.7 Å². The second-order valence-electron chi connectivity index (χ2n) is 5.16. The Kier molecular flexibility index (Phi) is 3.88. The van der Waals surface area contributed by atoms with Crippen LogP contribution in [-0.4, -0.2) is 46.0 Å². The molecule has 2 heterocycles. The highest BCUT2D eigenvalue weighted by Crippen LogP contribution is 2.18. The molecule has 0 aliphatic carbocycles. The molecule has 1 amide bonds. The first kappa shape index (κ1) is 14.6. The standard InChI is InChI=1S/C13H15N5O3S/c19-13(10-6-7-22(20,21)9-10)14-8-12-15-16-17-18(12)11-4-2-1-3-5-11/h1-5,10H,6-9H2,(H,14,19)/t10-/m1/s1. The van der Waals surface area contributed by atoms with Crippen molar-refractivity contribution < 1.29 is 13.2 Å². The fourth-order valence-corrected chi connectivity index (χ4v) is 4.14. The van der Waals surface area contributed by atoms with Gasteiger partial charge in [-0.1, -0.05) is 18.2 Å². The van der Waals surface area contributed by atoms with E-state index in [1.54, 1.807) is 0 Å². The molecule has 1 fully saturated rings. The van der Waals surface area contributed by atoms with Crippen molar-refractivity contribution >= 4 is 15.7 Å². The second kappa shape index (κ2) is 5.84. The highest BCUT2D eigenvalue weighted by molar-refractivity contribution is 7.91. The normalized spacial score (nSPS) is 19.9. The number of carbonyl (C=O) groups excluding carboxylic acids is 1. The van der Waals surface area contributed by atoms with E-state index in [-0.39, 0.29) is 24.0 Å². The molecular formula is C13H15N5O3S. The van der Waals surface area contributed by atoms with Gasteiger partial charge in [0.2, 0.25) is 5.91 Å². The molecule has 1 aliphatic rings. The van der Waals surface area contributed by atoms with Gasteiger partial charge in [0.25, 0.3) is 0 Å². The van der Waals surface area contributed by atoms with E-state index in [2.05, 4.69) is 20.8 Å². The SMILES string of the molecule is O=C(NCc1nnnn1-c1ccccc1)[C@@H]1CCS(=O)(=O)C1. The van der Waals surface area contributed by atoms with Crippen molar-refractivity contribution in [2.45, 2.75) is 13.0 Å². The lowest BCUT2D eigenvalue weighted by Crippen LogP contribution is -2.31. The maximum Gasteiger partial charge on any atom is 0.224 e. The molecule has 8 nitrogen and oxygen atoms in total. The third kappa shape index (κ3) is 3.14. The van der Waals surface area contributed by atoms with Gasteiger partial charge < -0.3 is 5.32 Å². The molecule has 9 heteroatoms. The third-order valence-electron chi connectivity index (χ3n) is 3.56. The van der Waals surface area contributed by atoms with Crippen molar-refractivity contribution in [2.75, 3.05) is 11.5 Å². The zero-order valence-electron chi connectivity index (χ0n) is 11.7. The van der Waals surface area contributed by atoms with Gasteiger partial charge in [-0.15, -0.1) is 5.10 Å². The van der Waals surface area contributed by atoms with Gasteiger partial charge in [-0.25, -0.2) is 8.42 Å². The summed E-state index contributed by atoms with van der Waals surface area (Å²) in [5, 5.41) is 14.1. The molecule has 0 bridgehead atoms. The Bertz CT molecular complexity index is 772. The van der Waals surface area contributed by atoms with Gasteiger partial charge in [0.15, 0.2) is 15.7 Å². The van der Waals surface area contributed by atoms with Crippen LogP contribution < -0.4 is 5.32 Å². The Hall–Kier alpha value is -2.29.